The summed E-state index contributed by atoms with van der Waals surface area (Å²) in [6.45, 7) is 4.81. The van der Waals surface area contributed by atoms with Crippen molar-refractivity contribution in [3.8, 4) is 0 Å². The second-order valence-electron chi connectivity index (χ2n) is 4.42. The van der Waals surface area contributed by atoms with Crippen LogP contribution in [0.5, 0.6) is 0 Å². The van der Waals surface area contributed by atoms with E-state index in [9.17, 15) is 18.3 Å². The van der Waals surface area contributed by atoms with Crippen molar-refractivity contribution in [1.29, 1.82) is 0 Å². The molecular formula is C12H17NO5S. The average Bonchev–Trinajstić information content (AvgIpc) is 2.28. The van der Waals surface area contributed by atoms with Crippen molar-refractivity contribution < 1.29 is 23.4 Å². The Kier molecular flexibility index (Phi) is 4.67. The molecule has 6 nitrogen and oxygen atoms in total. The summed E-state index contributed by atoms with van der Waals surface area (Å²) in [5.74, 6) is -1.43. The summed E-state index contributed by atoms with van der Waals surface area (Å²) in [7, 11) is -3.98. The number of aliphatic carboxylic acids is 1. The molecule has 0 aromatic heterocycles. The van der Waals surface area contributed by atoms with Crippen LogP contribution in [0.1, 0.15) is 18.1 Å². The molecule has 0 radical (unpaired) electrons. The maximum Gasteiger partial charge on any atom is 0.324 e. The van der Waals surface area contributed by atoms with Crippen LogP contribution in [0.4, 0.5) is 0 Å². The SMILES string of the molecule is Cc1ccc(S(=O)(=O)N[C@@H](C(=O)O)[C@H](C)O)cc1C. The van der Waals surface area contributed by atoms with Gasteiger partial charge < -0.3 is 10.2 Å². The molecule has 1 rings (SSSR count). The number of carboxylic acid groups (broad SMARTS) is 1. The van der Waals surface area contributed by atoms with E-state index in [1.54, 1.807) is 13.0 Å². The zero-order valence-electron chi connectivity index (χ0n) is 10.9. The molecule has 19 heavy (non-hydrogen) atoms. The second-order valence-corrected chi connectivity index (χ2v) is 6.14. The number of carbonyl (C=O) groups is 1. The Morgan fingerprint density at radius 3 is 2.26 bits per heavy atom. The van der Waals surface area contributed by atoms with E-state index < -0.39 is 28.1 Å². The lowest BCUT2D eigenvalue weighted by atomic mass is 10.1. The van der Waals surface area contributed by atoms with E-state index in [1.165, 1.54) is 19.1 Å². The molecule has 106 valence electrons. The Labute approximate surface area is 112 Å². The lowest BCUT2D eigenvalue weighted by molar-refractivity contribution is -0.141. The molecule has 0 aliphatic carbocycles. The fraction of sp³-hybridized carbons (Fsp3) is 0.417. The first kappa shape index (κ1) is 15.6. The second kappa shape index (κ2) is 5.68. The number of hydrogen-bond acceptors (Lipinski definition) is 4. The van der Waals surface area contributed by atoms with Gasteiger partial charge in [0.05, 0.1) is 11.0 Å². The third-order valence-corrected chi connectivity index (χ3v) is 4.26. The largest absolute Gasteiger partial charge is 0.480 e. The standard InChI is InChI=1S/C12H17NO5S/c1-7-4-5-10(6-8(7)2)19(17,18)13-11(9(3)14)12(15)16/h4-6,9,11,13-14H,1-3H3,(H,15,16)/t9-,11+/m0/s1. The van der Waals surface area contributed by atoms with Gasteiger partial charge in [-0.15, -0.1) is 0 Å². The van der Waals surface area contributed by atoms with E-state index in [4.69, 9.17) is 5.11 Å². The van der Waals surface area contributed by atoms with Crippen molar-refractivity contribution in [2.45, 2.75) is 37.8 Å². The van der Waals surface area contributed by atoms with Crippen molar-refractivity contribution in [1.82, 2.24) is 4.72 Å². The van der Waals surface area contributed by atoms with Crippen LogP contribution in [0, 0.1) is 13.8 Å². The van der Waals surface area contributed by atoms with E-state index in [1.807, 2.05) is 11.6 Å². The third kappa shape index (κ3) is 3.76. The molecule has 0 saturated carbocycles. The summed E-state index contributed by atoms with van der Waals surface area (Å²) >= 11 is 0. The summed E-state index contributed by atoms with van der Waals surface area (Å²) in [6, 6.07) is 2.92. The highest BCUT2D eigenvalue weighted by Crippen LogP contribution is 2.15. The molecule has 7 heteroatoms. The molecule has 1 aromatic carbocycles. The molecule has 2 atom stereocenters. The first-order valence-corrected chi connectivity index (χ1v) is 7.14. The van der Waals surface area contributed by atoms with Gasteiger partial charge in [0, 0.05) is 0 Å². The summed E-state index contributed by atoms with van der Waals surface area (Å²) in [6.07, 6.45) is -1.33. The molecule has 0 spiro atoms. The predicted octanol–water partition coefficient (Wildman–Crippen LogP) is 0.416. The summed E-state index contributed by atoms with van der Waals surface area (Å²) in [4.78, 5) is 10.9. The molecule has 1 aromatic rings. The average molecular weight is 287 g/mol. The van der Waals surface area contributed by atoms with E-state index in [0.29, 0.717) is 0 Å². The predicted molar refractivity (Wildman–Crippen MR) is 69.3 cm³/mol. The normalized spacial score (nSPS) is 14.9. The minimum Gasteiger partial charge on any atom is -0.480 e. The molecule has 0 aliphatic heterocycles. The molecule has 0 heterocycles. The van der Waals surface area contributed by atoms with Crippen molar-refractivity contribution in [2.24, 2.45) is 0 Å². The Hall–Kier alpha value is -1.44. The van der Waals surface area contributed by atoms with Gasteiger partial charge in [0.1, 0.15) is 6.04 Å². The van der Waals surface area contributed by atoms with Gasteiger partial charge >= 0.3 is 5.97 Å². The molecule has 0 unspecified atom stereocenters. The van der Waals surface area contributed by atoms with Gasteiger partial charge in [-0.05, 0) is 44.0 Å². The maximum absolute atomic E-state index is 12.0. The number of benzene rings is 1. The number of rotatable bonds is 5. The topological polar surface area (TPSA) is 104 Å². The van der Waals surface area contributed by atoms with Crippen molar-refractivity contribution in [3.63, 3.8) is 0 Å². The first-order chi connectivity index (χ1) is 8.65. The molecule has 0 bridgehead atoms. The van der Waals surface area contributed by atoms with Crippen molar-refractivity contribution in [3.05, 3.63) is 29.3 Å². The number of hydrogen-bond donors (Lipinski definition) is 3. The van der Waals surface area contributed by atoms with Crippen LogP contribution in [0.3, 0.4) is 0 Å². The Morgan fingerprint density at radius 1 is 1.26 bits per heavy atom. The molecule has 3 N–H and O–H groups in total. The van der Waals surface area contributed by atoms with Crippen LogP contribution in [-0.4, -0.2) is 36.7 Å². The van der Waals surface area contributed by atoms with Crippen LogP contribution in [0.2, 0.25) is 0 Å². The van der Waals surface area contributed by atoms with Gasteiger partial charge in [-0.1, -0.05) is 6.07 Å². The first-order valence-electron chi connectivity index (χ1n) is 5.65. The number of nitrogens with one attached hydrogen (secondary N) is 1. The van der Waals surface area contributed by atoms with E-state index >= 15 is 0 Å². The van der Waals surface area contributed by atoms with Gasteiger partial charge in [0.2, 0.25) is 10.0 Å². The van der Waals surface area contributed by atoms with Crippen LogP contribution in [0.15, 0.2) is 23.1 Å². The van der Waals surface area contributed by atoms with Crippen LogP contribution < -0.4 is 4.72 Å². The smallest absolute Gasteiger partial charge is 0.324 e. The van der Waals surface area contributed by atoms with E-state index in [2.05, 4.69) is 0 Å². The number of aryl methyl sites for hydroxylation is 2. The van der Waals surface area contributed by atoms with Crippen molar-refractivity contribution in [2.75, 3.05) is 0 Å². The number of aliphatic hydroxyl groups excluding tert-OH is 1. The highest BCUT2D eigenvalue weighted by atomic mass is 32.2. The zero-order valence-corrected chi connectivity index (χ0v) is 11.7. The lowest BCUT2D eigenvalue weighted by Gasteiger charge is -2.17. The summed E-state index contributed by atoms with van der Waals surface area (Å²) < 4.78 is 26.0. The van der Waals surface area contributed by atoms with Crippen molar-refractivity contribution >= 4 is 16.0 Å². The van der Waals surface area contributed by atoms with Gasteiger partial charge in [0.15, 0.2) is 0 Å². The molecular weight excluding hydrogens is 270 g/mol. The summed E-state index contributed by atoms with van der Waals surface area (Å²) in [5.41, 5.74) is 1.72. The maximum atomic E-state index is 12.0. The number of carboxylic acids is 1. The Bertz CT molecular complexity index is 580. The van der Waals surface area contributed by atoms with Gasteiger partial charge in [0.25, 0.3) is 0 Å². The minimum atomic E-state index is -3.98. The Balaban J connectivity index is 3.10. The summed E-state index contributed by atoms with van der Waals surface area (Å²) in [5, 5.41) is 18.1. The lowest BCUT2D eigenvalue weighted by Crippen LogP contribution is -2.47. The minimum absolute atomic E-state index is 0.0255. The highest BCUT2D eigenvalue weighted by molar-refractivity contribution is 7.89. The zero-order chi connectivity index (χ0) is 14.8. The van der Waals surface area contributed by atoms with Crippen LogP contribution in [0.25, 0.3) is 0 Å². The third-order valence-electron chi connectivity index (χ3n) is 2.82. The van der Waals surface area contributed by atoms with Crippen LogP contribution in [-0.2, 0) is 14.8 Å². The fourth-order valence-corrected chi connectivity index (χ4v) is 2.82. The van der Waals surface area contributed by atoms with E-state index in [-0.39, 0.29) is 4.90 Å². The molecule has 0 amide bonds. The quantitative estimate of drug-likeness (QED) is 0.728. The van der Waals surface area contributed by atoms with Crippen LogP contribution >= 0.6 is 0 Å². The fourth-order valence-electron chi connectivity index (χ4n) is 1.47. The highest BCUT2D eigenvalue weighted by Gasteiger charge is 2.29. The van der Waals surface area contributed by atoms with Gasteiger partial charge in [-0.2, -0.15) is 4.72 Å². The Morgan fingerprint density at radius 2 is 1.84 bits per heavy atom. The molecule has 0 aliphatic rings. The van der Waals surface area contributed by atoms with Gasteiger partial charge in [-0.3, -0.25) is 4.79 Å². The van der Waals surface area contributed by atoms with Gasteiger partial charge in [-0.25, -0.2) is 8.42 Å². The van der Waals surface area contributed by atoms with E-state index in [0.717, 1.165) is 11.1 Å². The number of aliphatic hydroxyl groups is 1. The molecule has 0 fully saturated rings. The molecule has 0 saturated heterocycles. The number of sulfonamides is 1. The monoisotopic (exact) mass is 287 g/mol.